The van der Waals surface area contributed by atoms with Crippen LogP contribution in [0, 0.1) is 6.92 Å². The molecule has 2 aromatic rings. The maximum Gasteiger partial charge on any atom is 0.337 e. The first-order valence-corrected chi connectivity index (χ1v) is 8.46. The van der Waals surface area contributed by atoms with Crippen molar-refractivity contribution in [2.24, 2.45) is 0 Å². The molecular formula is C15H13Cl2NO4S. The summed E-state index contributed by atoms with van der Waals surface area (Å²) in [5, 5.41) is 9.34. The van der Waals surface area contributed by atoms with Crippen molar-refractivity contribution in [3.63, 3.8) is 0 Å². The summed E-state index contributed by atoms with van der Waals surface area (Å²) >= 11 is 9.99. The minimum absolute atomic E-state index is 0.0482. The summed E-state index contributed by atoms with van der Waals surface area (Å²) in [4.78, 5) is 12.7. The molecule has 23 heavy (non-hydrogen) atoms. The van der Waals surface area contributed by atoms with E-state index in [1.54, 1.807) is 12.1 Å². The summed E-state index contributed by atoms with van der Waals surface area (Å²) < 4.78 is 20.6. The Balaban J connectivity index is 2.62. The molecule has 0 aliphatic rings. The molecule has 8 heteroatoms. The number of halogens is 2. The third kappa shape index (κ3) is 4.23. The number of carbonyl (C=O) groups is 1. The Labute approximate surface area is 145 Å². The van der Waals surface area contributed by atoms with Crippen molar-refractivity contribution in [1.29, 1.82) is 0 Å². The van der Waals surface area contributed by atoms with E-state index in [1.807, 2.05) is 19.1 Å². The Morgan fingerprint density at radius 2 is 1.83 bits per heavy atom. The summed E-state index contributed by atoms with van der Waals surface area (Å²) in [6, 6.07) is 9.86. The van der Waals surface area contributed by atoms with Gasteiger partial charge in [-0.05, 0) is 31.2 Å². The molecule has 2 aromatic carbocycles. The first-order valence-electron chi connectivity index (χ1n) is 6.43. The highest BCUT2D eigenvalue weighted by Gasteiger charge is 2.21. The Morgan fingerprint density at radius 1 is 1.22 bits per heavy atom. The van der Waals surface area contributed by atoms with E-state index < -0.39 is 17.0 Å². The maximum atomic E-state index is 11.3. The molecule has 0 bridgehead atoms. The molecule has 0 amide bonds. The third-order valence-electron chi connectivity index (χ3n) is 3.12. The average molecular weight is 374 g/mol. The number of carboxylic acids is 1. The standard InChI is InChI=1S/C15H13Cl2NO4S/c1-9-2-4-11(5-3-9)18(8-23(21)22)13-7-10(16)6-12(14(13)17)15(19)20/h2-7H,8H2,1H3,(H,19,20)(H,21,22). The normalized spacial score (nSPS) is 12.0. The minimum Gasteiger partial charge on any atom is -0.478 e. The van der Waals surface area contributed by atoms with Crippen molar-refractivity contribution in [2.45, 2.75) is 6.92 Å². The quantitative estimate of drug-likeness (QED) is 0.763. The van der Waals surface area contributed by atoms with Gasteiger partial charge in [-0.2, -0.15) is 0 Å². The number of aromatic carboxylic acids is 1. The van der Waals surface area contributed by atoms with Gasteiger partial charge in [0.25, 0.3) is 0 Å². The van der Waals surface area contributed by atoms with Crippen LogP contribution in [0.15, 0.2) is 36.4 Å². The van der Waals surface area contributed by atoms with Crippen LogP contribution in [0.25, 0.3) is 0 Å². The molecule has 0 spiro atoms. The topological polar surface area (TPSA) is 77.8 Å². The zero-order chi connectivity index (χ0) is 17.1. The molecule has 5 nitrogen and oxygen atoms in total. The summed E-state index contributed by atoms with van der Waals surface area (Å²) in [7, 11) is 0. The van der Waals surface area contributed by atoms with Crippen LogP contribution in [-0.4, -0.2) is 25.7 Å². The average Bonchev–Trinajstić information content (AvgIpc) is 2.47. The lowest BCUT2D eigenvalue weighted by Gasteiger charge is -2.25. The molecule has 122 valence electrons. The van der Waals surface area contributed by atoms with Gasteiger partial charge in [-0.15, -0.1) is 0 Å². The Kier molecular flexibility index (Phi) is 5.64. The van der Waals surface area contributed by atoms with E-state index in [1.165, 1.54) is 17.0 Å². The van der Waals surface area contributed by atoms with Gasteiger partial charge in [0.2, 0.25) is 0 Å². The van der Waals surface area contributed by atoms with Crippen molar-refractivity contribution in [3.05, 3.63) is 57.6 Å². The molecule has 0 fully saturated rings. The van der Waals surface area contributed by atoms with Crippen LogP contribution in [0.4, 0.5) is 11.4 Å². The van der Waals surface area contributed by atoms with Crippen molar-refractivity contribution in [2.75, 3.05) is 10.8 Å². The molecule has 0 aliphatic carbocycles. The van der Waals surface area contributed by atoms with E-state index in [-0.39, 0.29) is 27.2 Å². The van der Waals surface area contributed by atoms with Gasteiger partial charge in [0.05, 0.1) is 16.3 Å². The van der Waals surface area contributed by atoms with Gasteiger partial charge in [-0.3, -0.25) is 0 Å². The van der Waals surface area contributed by atoms with Gasteiger partial charge in [-0.1, -0.05) is 40.9 Å². The fourth-order valence-electron chi connectivity index (χ4n) is 2.05. The number of nitrogens with zero attached hydrogens (tertiary/aromatic N) is 1. The van der Waals surface area contributed by atoms with Crippen LogP contribution in [0.5, 0.6) is 0 Å². The van der Waals surface area contributed by atoms with E-state index in [2.05, 4.69) is 0 Å². The minimum atomic E-state index is -2.16. The molecule has 1 atom stereocenters. The number of carboxylic acid groups (broad SMARTS) is 1. The predicted octanol–water partition coefficient (Wildman–Crippen LogP) is 4.32. The second kappa shape index (κ2) is 7.31. The molecule has 1 unspecified atom stereocenters. The van der Waals surface area contributed by atoms with Crippen molar-refractivity contribution >= 4 is 51.6 Å². The molecule has 0 heterocycles. The summed E-state index contributed by atoms with van der Waals surface area (Å²) in [6.07, 6.45) is 0. The fourth-order valence-corrected chi connectivity index (χ4v) is 3.06. The van der Waals surface area contributed by atoms with Gasteiger partial charge >= 0.3 is 5.97 Å². The zero-order valence-corrected chi connectivity index (χ0v) is 14.3. The predicted molar refractivity (Wildman–Crippen MR) is 92.4 cm³/mol. The lowest BCUT2D eigenvalue weighted by Crippen LogP contribution is -2.22. The van der Waals surface area contributed by atoms with Crippen molar-refractivity contribution in [3.8, 4) is 0 Å². The second-order valence-corrected chi connectivity index (χ2v) is 6.52. The van der Waals surface area contributed by atoms with E-state index in [0.717, 1.165) is 5.56 Å². The fraction of sp³-hybridized carbons (Fsp3) is 0.133. The first kappa shape index (κ1) is 17.7. The maximum absolute atomic E-state index is 11.3. The smallest absolute Gasteiger partial charge is 0.337 e. The van der Waals surface area contributed by atoms with Gasteiger partial charge in [-0.25, -0.2) is 9.00 Å². The molecule has 0 radical (unpaired) electrons. The van der Waals surface area contributed by atoms with Crippen LogP contribution in [-0.2, 0) is 11.1 Å². The van der Waals surface area contributed by atoms with E-state index in [9.17, 15) is 18.7 Å². The monoisotopic (exact) mass is 373 g/mol. The Hall–Kier alpha value is -1.60. The van der Waals surface area contributed by atoms with E-state index in [0.29, 0.717) is 5.69 Å². The number of aryl methyl sites for hydroxylation is 1. The number of hydrogen-bond donors (Lipinski definition) is 2. The highest BCUT2D eigenvalue weighted by molar-refractivity contribution is 7.79. The lowest BCUT2D eigenvalue weighted by molar-refractivity contribution is 0.0697. The van der Waals surface area contributed by atoms with Gasteiger partial charge in [0.1, 0.15) is 5.88 Å². The molecule has 0 aliphatic heterocycles. The summed E-state index contributed by atoms with van der Waals surface area (Å²) in [5.41, 5.74) is 1.69. The second-order valence-electron chi connectivity index (χ2n) is 4.81. The largest absolute Gasteiger partial charge is 0.478 e. The highest BCUT2D eigenvalue weighted by atomic mass is 35.5. The van der Waals surface area contributed by atoms with Crippen LogP contribution < -0.4 is 4.90 Å². The van der Waals surface area contributed by atoms with E-state index in [4.69, 9.17) is 23.2 Å². The first-order chi connectivity index (χ1) is 10.8. The molecule has 0 aromatic heterocycles. The van der Waals surface area contributed by atoms with Gasteiger partial charge in [0.15, 0.2) is 11.1 Å². The Morgan fingerprint density at radius 3 is 2.35 bits per heavy atom. The SMILES string of the molecule is Cc1ccc(N(CS(=O)O)c2cc(Cl)cc(C(=O)O)c2Cl)cc1. The highest BCUT2D eigenvalue weighted by Crippen LogP contribution is 2.37. The number of benzene rings is 2. The number of rotatable bonds is 5. The summed E-state index contributed by atoms with van der Waals surface area (Å²) in [5.74, 6) is -1.50. The van der Waals surface area contributed by atoms with Gasteiger partial charge in [0, 0.05) is 10.7 Å². The molecular weight excluding hydrogens is 361 g/mol. The van der Waals surface area contributed by atoms with Crippen LogP contribution in [0.1, 0.15) is 15.9 Å². The van der Waals surface area contributed by atoms with E-state index >= 15 is 0 Å². The van der Waals surface area contributed by atoms with Crippen molar-refractivity contribution in [1.82, 2.24) is 0 Å². The van der Waals surface area contributed by atoms with Gasteiger partial charge < -0.3 is 14.6 Å². The molecule has 0 saturated carbocycles. The van der Waals surface area contributed by atoms with Crippen LogP contribution >= 0.6 is 23.2 Å². The Bertz CT molecular complexity index is 765. The van der Waals surface area contributed by atoms with Crippen molar-refractivity contribution < 1.29 is 18.7 Å². The van der Waals surface area contributed by atoms with Crippen LogP contribution in [0.3, 0.4) is 0 Å². The summed E-state index contributed by atoms with van der Waals surface area (Å²) in [6.45, 7) is 1.91. The molecule has 2 N–H and O–H groups in total. The zero-order valence-electron chi connectivity index (χ0n) is 12.0. The lowest BCUT2D eigenvalue weighted by atomic mass is 10.1. The number of hydrogen-bond acceptors (Lipinski definition) is 3. The number of anilines is 2. The van der Waals surface area contributed by atoms with Crippen LogP contribution in [0.2, 0.25) is 10.0 Å². The molecule has 2 rings (SSSR count). The third-order valence-corrected chi connectivity index (χ3v) is 4.22. The molecule has 0 saturated heterocycles.